The van der Waals surface area contributed by atoms with Gasteiger partial charge in [0.05, 0.1) is 36.4 Å². The van der Waals surface area contributed by atoms with Crippen LogP contribution in [-0.4, -0.2) is 30.6 Å². The van der Waals surface area contributed by atoms with E-state index in [2.05, 4.69) is 31.9 Å². The van der Waals surface area contributed by atoms with Crippen molar-refractivity contribution in [3.05, 3.63) is 85.7 Å². The maximum absolute atomic E-state index is 11.5. The number of carbonyl (C=O) groups is 1. The molecule has 0 radical (unpaired) electrons. The second-order valence-corrected chi connectivity index (χ2v) is 6.56. The number of benzene rings is 1. The van der Waals surface area contributed by atoms with E-state index in [-0.39, 0.29) is 17.6 Å². The average molecular weight is 413 g/mol. The molecule has 0 saturated heterocycles. The number of anilines is 2. The first-order chi connectivity index (χ1) is 15.1. The van der Waals surface area contributed by atoms with Crippen molar-refractivity contribution in [3.63, 3.8) is 0 Å². The highest BCUT2D eigenvalue weighted by Gasteiger charge is 2.16. The Labute approximate surface area is 178 Å². The van der Waals surface area contributed by atoms with Gasteiger partial charge in [-0.15, -0.1) is 0 Å². The minimum absolute atomic E-state index is 0.251. The Morgan fingerprint density at radius 2 is 2.03 bits per heavy atom. The standard InChI is InChI=1S/C22H19N7O2/c1-2-19(30)28-17-8-18(11-24-10-17)31-22-20(21(23)25-14-26-22)16-9-27-29(13-16)12-15-6-4-3-5-7-15/h2-11,13-14H,1,12H2,(H,28,30)(H2,23,25,26). The smallest absolute Gasteiger partial charge is 0.247 e. The number of nitrogens with two attached hydrogens (primary N) is 1. The molecule has 4 aromatic rings. The van der Waals surface area contributed by atoms with E-state index in [1.807, 2.05) is 36.5 Å². The molecule has 0 atom stereocenters. The van der Waals surface area contributed by atoms with Gasteiger partial charge < -0.3 is 15.8 Å². The van der Waals surface area contributed by atoms with E-state index in [0.717, 1.165) is 5.56 Å². The van der Waals surface area contributed by atoms with Crippen molar-refractivity contribution in [2.24, 2.45) is 0 Å². The Morgan fingerprint density at radius 3 is 2.84 bits per heavy atom. The summed E-state index contributed by atoms with van der Waals surface area (Å²) in [6.45, 7) is 4.04. The highest BCUT2D eigenvalue weighted by Crippen LogP contribution is 2.35. The van der Waals surface area contributed by atoms with Crippen molar-refractivity contribution < 1.29 is 9.53 Å². The monoisotopic (exact) mass is 413 g/mol. The van der Waals surface area contributed by atoms with Crippen LogP contribution in [0.1, 0.15) is 5.56 Å². The molecule has 0 aliphatic carbocycles. The molecular weight excluding hydrogens is 394 g/mol. The number of amides is 1. The molecule has 0 saturated carbocycles. The lowest BCUT2D eigenvalue weighted by Crippen LogP contribution is -2.07. The number of carbonyl (C=O) groups excluding carboxylic acids is 1. The van der Waals surface area contributed by atoms with Crippen LogP contribution in [0.3, 0.4) is 0 Å². The molecule has 0 aliphatic rings. The van der Waals surface area contributed by atoms with Crippen molar-refractivity contribution >= 4 is 17.4 Å². The van der Waals surface area contributed by atoms with Gasteiger partial charge in [0.25, 0.3) is 0 Å². The molecule has 0 fully saturated rings. The molecule has 0 spiro atoms. The number of pyridine rings is 1. The van der Waals surface area contributed by atoms with Crippen LogP contribution >= 0.6 is 0 Å². The fourth-order valence-electron chi connectivity index (χ4n) is 2.93. The van der Waals surface area contributed by atoms with Gasteiger partial charge in [-0.2, -0.15) is 5.10 Å². The zero-order valence-electron chi connectivity index (χ0n) is 16.5. The molecule has 3 aromatic heterocycles. The zero-order valence-corrected chi connectivity index (χ0v) is 16.5. The predicted molar refractivity (Wildman–Crippen MR) is 116 cm³/mol. The van der Waals surface area contributed by atoms with Crippen molar-refractivity contribution in [1.29, 1.82) is 0 Å². The van der Waals surface area contributed by atoms with Gasteiger partial charge in [0.15, 0.2) is 0 Å². The minimum atomic E-state index is -0.350. The molecule has 3 heterocycles. The highest BCUT2D eigenvalue weighted by atomic mass is 16.5. The summed E-state index contributed by atoms with van der Waals surface area (Å²) in [5, 5.41) is 7.05. The van der Waals surface area contributed by atoms with Crippen molar-refractivity contribution in [1.82, 2.24) is 24.7 Å². The highest BCUT2D eigenvalue weighted by molar-refractivity contribution is 5.98. The first-order valence-corrected chi connectivity index (χ1v) is 9.36. The lowest BCUT2D eigenvalue weighted by molar-refractivity contribution is -0.111. The molecule has 31 heavy (non-hydrogen) atoms. The van der Waals surface area contributed by atoms with Gasteiger partial charge in [0, 0.05) is 17.8 Å². The molecule has 9 nitrogen and oxygen atoms in total. The number of nitrogens with one attached hydrogen (secondary N) is 1. The summed E-state index contributed by atoms with van der Waals surface area (Å²) in [4.78, 5) is 23.9. The summed E-state index contributed by atoms with van der Waals surface area (Å²) in [5.74, 6) is 0.531. The number of rotatable bonds is 7. The Hall–Kier alpha value is -4.53. The van der Waals surface area contributed by atoms with Crippen LogP contribution in [-0.2, 0) is 11.3 Å². The van der Waals surface area contributed by atoms with Crippen molar-refractivity contribution in [2.75, 3.05) is 11.1 Å². The first-order valence-electron chi connectivity index (χ1n) is 9.36. The van der Waals surface area contributed by atoms with Crippen LogP contribution in [0.2, 0.25) is 0 Å². The molecule has 1 aromatic carbocycles. The number of hydrogen-bond donors (Lipinski definition) is 2. The van der Waals surface area contributed by atoms with Gasteiger partial charge in [-0.05, 0) is 11.6 Å². The summed E-state index contributed by atoms with van der Waals surface area (Å²) < 4.78 is 7.72. The van der Waals surface area contributed by atoms with E-state index in [4.69, 9.17) is 10.5 Å². The van der Waals surface area contributed by atoms with Crippen molar-refractivity contribution in [2.45, 2.75) is 6.54 Å². The molecule has 3 N–H and O–H groups in total. The third-order valence-electron chi connectivity index (χ3n) is 4.33. The number of nitrogens with zero attached hydrogens (tertiary/aromatic N) is 5. The maximum atomic E-state index is 11.5. The Balaban J connectivity index is 1.61. The zero-order chi connectivity index (χ0) is 21.6. The van der Waals surface area contributed by atoms with E-state index in [1.54, 1.807) is 16.9 Å². The number of aromatic nitrogens is 5. The Morgan fingerprint density at radius 1 is 1.19 bits per heavy atom. The predicted octanol–water partition coefficient (Wildman–Crippen LogP) is 3.28. The second kappa shape index (κ2) is 8.87. The van der Waals surface area contributed by atoms with Crippen LogP contribution in [0.25, 0.3) is 11.1 Å². The van der Waals surface area contributed by atoms with E-state index in [1.165, 1.54) is 24.8 Å². The fourth-order valence-corrected chi connectivity index (χ4v) is 2.93. The summed E-state index contributed by atoms with van der Waals surface area (Å²) in [7, 11) is 0. The van der Waals surface area contributed by atoms with Gasteiger partial charge in [-0.25, -0.2) is 9.97 Å². The molecule has 0 unspecified atom stereocenters. The van der Waals surface area contributed by atoms with Crippen LogP contribution in [0, 0.1) is 0 Å². The molecule has 9 heteroatoms. The van der Waals surface area contributed by atoms with Crippen LogP contribution in [0.15, 0.2) is 80.2 Å². The van der Waals surface area contributed by atoms with Gasteiger partial charge in [-0.1, -0.05) is 36.9 Å². The van der Waals surface area contributed by atoms with Gasteiger partial charge in [0.2, 0.25) is 11.8 Å². The average Bonchev–Trinajstić information content (AvgIpc) is 3.22. The summed E-state index contributed by atoms with van der Waals surface area (Å²) in [6, 6.07) is 11.6. The lowest BCUT2D eigenvalue weighted by atomic mass is 10.1. The molecule has 0 aliphatic heterocycles. The van der Waals surface area contributed by atoms with E-state index < -0.39 is 0 Å². The second-order valence-electron chi connectivity index (χ2n) is 6.56. The van der Waals surface area contributed by atoms with Crippen LogP contribution in [0.4, 0.5) is 11.5 Å². The largest absolute Gasteiger partial charge is 0.436 e. The van der Waals surface area contributed by atoms with E-state index >= 15 is 0 Å². The molecule has 154 valence electrons. The number of nitrogen functional groups attached to an aromatic ring is 1. The third kappa shape index (κ3) is 4.73. The van der Waals surface area contributed by atoms with Gasteiger partial charge >= 0.3 is 0 Å². The molecule has 0 bridgehead atoms. The number of hydrogen-bond acceptors (Lipinski definition) is 7. The quantitative estimate of drug-likeness (QED) is 0.446. The molecule has 1 amide bonds. The fraction of sp³-hybridized carbons (Fsp3) is 0.0455. The Kier molecular flexibility index (Phi) is 5.66. The van der Waals surface area contributed by atoms with E-state index in [0.29, 0.717) is 29.1 Å². The Bertz CT molecular complexity index is 1220. The topological polar surface area (TPSA) is 121 Å². The summed E-state index contributed by atoms with van der Waals surface area (Å²) in [6.07, 6.45) is 9.03. The maximum Gasteiger partial charge on any atom is 0.247 e. The van der Waals surface area contributed by atoms with Gasteiger partial charge in [0.1, 0.15) is 17.9 Å². The van der Waals surface area contributed by atoms with Crippen LogP contribution in [0.5, 0.6) is 11.6 Å². The van der Waals surface area contributed by atoms with Gasteiger partial charge in [-0.3, -0.25) is 14.5 Å². The van der Waals surface area contributed by atoms with Crippen LogP contribution < -0.4 is 15.8 Å². The first kappa shape index (κ1) is 19.8. The van der Waals surface area contributed by atoms with E-state index in [9.17, 15) is 4.79 Å². The number of ether oxygens (including phenoxy) is 1. The third-order valence-corrected chi connectivity index (χ3v) is 4.33. The summed E-state index contributed by atoms with van der Waals surface area (Å²) >= 11 is 0. The normalized spacial score (nSPS) is 10.5. The molecular formula is C22H19N7O2. The minimum Gasteiger partial charge on any atom is -0.436 e. The van der Waals surface area contributed by atoms with Crippen molar-refractivity contribution in [3.8, 4) is 22.8 Å². The summed E-state index contributed by atoms with van der Waals surface area (Å²) in [5.41, 5.74) is 8.94. The lowest BCUT2D eigenvalue weighted by Gasteiger charge is -2.11. The molecule has 4 rings (SSSR count). The SMILES string of the molecule is C=CC(=O)Nc1cncc(Oc2ncnc(N)c2-c2cnn(Cc3ccccc3)c2)c1.